The fraction of sp³-hybridized carbons (Fsp3) is 0.217. The first-order valence-electron chi connectivity index (χ1n) is 25.9. The minimum Gasteiger partial charge on any atom is -0.314 e. The second kappa shape index (κ2) is 15.8. The van der Waals surface area contributed by atoms with Gasteiger partial charge in [-0.25, -0.2) is 0 Å². The summed E-state index contributed by atoms with van der Waals surface area (Å²) in [6.45, 7) is 18.5. The molecule has 4 aliphatic carbocycles. The molecule has 0 aromatic heterocycles. The Hall–Kier alpha value is -7.42. The first kappa shape index (κ1) is 43.6. The highest BCUT2D eigenvalue weighted by Gasteiger charge is 2.48. The fourth-order valence-corrected chi connectivity index (χ4v) is 13.9. The number of hydrogen-bond donors (Lipinski definition) is 0. The SMILES string of the molecule is C=C/C=C(/C=C/c1ccc2c(c1)C(C)(C)c1cc(N3c4ccccc4C(C)(C)c4ccccc43)ccc1-2)\C=C1/Cc2ccc(N3C4=C(C=CCC4)C(C)(C)c4ccccc43)cc2C12Cc1ccccc1C2. The van der Waals surface area contributed by atoms with E-state index in [0.29, 0.717) is 0 Å². The van der Waals surface area contributed by atoms with Crippen LogP contribution in [0.2, 0.25) is 0 Å². The minimum absolute atomic E-state index is 0.0560. The van der Waals surface area contributed by atoms with Crippen molar-refractivity contribution in [1.82, 2.24) is 0 Å². The molecular formula is C69H62N2. The smallest absolute Gasteiger partial charge is 0.0502 e. The maximum Gasteiger partial charge on any atom is 0.0502 e. The van der Waals surface area contributed by atoms with Crippen LogP contribution in [-0.2, 0) is 40.9 Å². The molecule has 348 valence electrons. The van der Waals surface area contributed by atoms with Gasteiger partial charge in [0.05, 0.1) is 11.4 Å². The van der Waals surface area contributed by atoms with Crippen molar-refractivity contribution in [3.05, 3.63) is 273 Å². The Bertz CT molecular complexity index is 3500. The monoisotopic (exact) mass is 918 g/mol. The molecule has 0 radical (unpaired) electrons. The summed E-state index contributed by atoms with van der Waals surface area (Å²) in [5, 5.41) is 0. The number of fused-ring (bicyclic) bond motifs is 9. The normalized spacial score (nSPS) is 19.5. The Labute approximate surface area is 421 Å². The standard InChI is InChI=1S/C69H62N2/c1-8-19-45(30-31-46-32-36-53-54-37-35-52(42-61(54)68(6,7)60(53)39-46)71-64-28-17-13-24-57(64)67(4,5)58-25-14-18-29-65(58)71)38-50-40-47-33-34-51(41-59(47)69(50)43-48-20-9-10-21-49(48)44-69)70-62-26-15-11-22-55(62)66(2,3)56-23-12-16-27-63(56)70/h8-15,17-26,28-39,41-42H,1,16,27,40,43-44H2,2-7H3/b31-30+,45-19-,50-38+. The summed E-state index contributed by atoms with van der Waals surface area (Å²) < 4.78 is 0. The summed E-state index contributed by atoms with van der Waals surface area (Å²) in [7, 11) is 0. The molecule has 0 N–H and O–H groups in total. The lowest BCUT2D eigenvalue weighted by molar-refractivity contribution is 0.550. The van der Waals surface area contributed by atoms with Crippen molar-refractivity contribution in [3.63, 3.8) is 0 Å². The first-order chi connectivity index (χ1) is 34.4. The van der Waals surface area contributed by atoms with Crippen molar-refractivity contribution in [1.29, 1.82) is 0 Å². The summed E-state index contributed by atoms with van der Waals surface area (Å²) in [5.74, 6) is 0. The number of hydrogen-bond acceptors (Lipinski definition) is 2. The van der Waals surface area contributed by atoms with Crippen LogP contribution in [0.25, 0.3) is 17.2 Å². The molecule has 0 saturated heterocycles. The Kier molecular flexibility index (Phi) is 9.70. The van der Waals surface area contributed by atoms with E-state index in [-0.39, 0.29) is 21.7 Å². The van der Waals surface area contributed by atoms with Gasteiger partial charge in [0.15, 0.2) is 0 Å². The number of anilines is 5. The lowest BCUT2D eigenvalue weighted by atomic mass is 9.71. The molecule has 2 heterocycles. The van der Waals surface area contributed by atoms with E-state index in [9.17, 15) is 0 Å². The maximum atomic E-state index is 4.22. The summed E-state index contributed by atoms with van der Waals surface area (Å²) >= 11 is 0. The number of rotatable bonds is 6. The average molecular weight is 919 g/mol. The Morgan fingerprint density at radius 2 is 1.08 bits per heavy atom. The van der Waals surface area contributed by atoms with Gasteiger partial charge in [0.1, 0.15) is 0 Å². The van der Waals surface area contributed by atoms with Crippen LogP contribution in [0.15, 0.2) is 217 Å². The van der Waals surface area contributed by atoms with Crippen molar-refractivity contribution in [2.45, 2.75) is 95.3 Å². The molecule has 0 saturated carbocycles. The molecule has 1 spiro atoms. The molecule has 0 fully saturated rings. The second-order valence-corrected chi connectivity index (χ2v) is 22.6. The molecule has 2 heteroatoms. The Morgan fingerprint density at radius 3 is 1.76 bits per heavy atom. The third kappa shape index (κ3) is 6.46. The molecule has 2 aliphatic heterocycles. The van der Waals surface area contributed by atoms with Crippen LogP contribution in [0.4, 0.5) is 28.4 Å². The predicted molar refractivity (Wildman–Crippen MR) is 299 cm³/mol. The minimum atomic E-state index is -0.184. The molecule has 0 atom stereocenters. The lowest BCUT2D eigenvalue weighted by Gasteiger charge is -2.44. The van der Waals surface area contributed by atoms with Gasteiger partial charge >= 0.3 is 0 Å². The van der Waals surface area contributed by atoms with Crippen LogP contribution in [0.5, 0.6) is 0 Å². The quantitative estimate of drug-likeness (QED) is 0.153. The zero-order valence-corrected chi connectivity index (χ0v) is 42.1. The molecule has 13 rings (SSSR count). The van der Waals surface area contributed by atoms with Gasteiger partial charge in [-0.15, -0.1) is 0 Å². The first-order valence-corrected chi connectivity index (χ1v) is 25.9. The zero-order chi connectivity index (χ0) is 48.4. The Morgan fingerprint density at radius 1 is 0.535 bits per heavy atom. The Balaban J connectivity index is 0.844. The predicted octanol–water partition coefficient (Wildman–Crippen LogP) is 17.5. The number of nitrogens with zero attached hydrogens (tertiary/aromatic N) is 2. The fourth-order valence-electron chi connectivity index (χ4n) is 13.9. The molecule has 7 aromatic rings. The highest BCUT2D eigenvalue weighted by atomic mass is 15.2. The van der Waals surface area contributed by atoms with E-state index < -0.39 is 0 Å². The highest BCUT2D eigenvalue weighted by Crippen LogP contribution is 2.57. The zero-order valence-electron chi connectivity index (χ0n) is 42.1. The van der Waals surface area contributed by atoms with Crippen molar-refractivity contribution in [3.8, 4) is 11.1 Å². The van der Waals surface area contributed by atoms with Gasteiger partial charge in [0.25, 0.3) is 0 Å². The molecule has 6 aliphatic rings. The molecule has 71 heavy (non-hydrogen) atoms. The average Bonchev–Trinajstić information content (AvgIpc) is 3.99. The summed E-state index contributed by atoms with van der Waals surface area (Å²) in [4.78, 5) is 5.09. The molecule has 0 amide bonds. The number of para-hydroxylation sites is 3. The molecule has 2 nitrogen and oxygen atoms in total. The van der Waals surface area contributed by atoms with Crippen molar-refractivity contribution in [2.24, 2.45) is 0 Å². The summed E-state index contributed by atoms with van der Waals surface area (Å²) in [5.41, 5.74) is 28.0. The van der Waals surface area contributed by atoms with E-state index in [1.165, 1.54) is 118 Å². The summed E-state index contributed by atoms with van der Waals surface area (Å²) in [6.07, 6.45) is 21.1. The van der Waals surface area contributed by atoms with Crippen molar-refractivity contribution >= 4 is 34.5 Å². The third-order valence-corrected chi connectivity index (χ3v) is 17.6. The van der Waals surface area contributed by atoms with Crippen LogP contribution in [0.3, 0.4) is 0 Å². The second-order valence-electron chi connectivity index (χ2n) is 22.6. The number of allylic oxidation sites excluding steroid dienone is 10. The lowest BCUT2D eigenvalue weighted by Crippen LogP contribution is -2.35. The van der Waals surface area contributed by atoms with Crippen LogP contribution in [0.1, 0.15) is 110 Å². The van der Waals surface area contributed by atoms with Crippen LogP contribution in [-0.4, -0.2) is 0 Å². The van der Waals surface area contributed by atoms with Gasteiger partial charge < -0.3 is 9.80 Å². The van der Waals surface area contributed by atoms with Gasteiger partial charge in [-0.05, 0) is 152 Å². The molecule has 0 bridgehead atoms. The van der Waals surface area contributed by atoms with Crippen LogP contribution in [0, 0.1) is 0 Å². The van der Waals surface area contributed by atoms with Gasteiger partial charge in [-0.2, -0.15) is 0 Å². The maximum absolute atomic E-state index is 4.22. The molecule has 7 aromatic carbocycles. The van der Waals surface area contributed by atoms with Crippen molar-refractivity contribution < 1.29 is 0 Å². The van der Waals surface area contributed by atoms with Gasteiger partial charge in [0.2, 0.25) is 0 Å². The molecular weight excluding hydrogens is 857 g/mol. The topological polar surface area (TPSA) is 6.48 Å². The highest BCUT2D eigenvalue weighted by molar-refractivity contribution is 5.90. The number of benzene rings is 7. The van der Waals surface area contributed by atoms with Gasteiger partial charge in [-0.3, -0.25) is 0 Å². The van der Waals surface area contributed by atoms with E-state index in [1.54, 1.807) is 0 Å². The van der Waals surface area contributed by atoms with E-state index in [4.69, 9.17) is 0 Å². The van der Waals surface area contributed by atoms with E-state index in [1.807, 2.05) is 6.08 Å². The van der Waals surface area contributed by atoms with Gasteiger partial charge in [0, 0.05) is 44.4 Å². The van der Waals surface area contributed by atoms with Gasteiger partial charge in [-0.1, -0.05) is 205 Å². The van der Waals surface area contributed by atoms with Crippen LogP contribution < -0.4 is 9.80 Å². The largest absolute Gasteiger partial charge is 0.314 e. The van der Waals surface area contributed by atoms with E-state index in [2.05, 4.69) is 246 Å². The van der Waals surface area contributed by atoms with Crippen LogP contribution >= 0.6 is 0 Å². The van der Waals surface area contributed by atoms with E-state index in [0.717, 1.165) is 32.1 Å². The summed E-state index contributed by atoms with van der Waals surface area (Å²) in [6, 6.07) is 57.8. The molecule has 0 unspecified atom stereocenters. The van der Waals surface area contributed by atoms with Crippen molar-refractivity contribution in [2.75, 3.05) is 9.80 Å². The third-order valence-electron chi connectivity index (χ3n) is 17.6. The van der Waals surface area contributed by atoms with E-state index >= 15 is 0 Å².